The average Bonchev–Trinajstić information content (AvgIpc) is 2.56. The van der Waals surface area contributed by atoms with Gasteiger partial charge < -0.3 is 9.64 Å². The van der Waals surface area contributed by atoms with Gasteiger partial charge in [0.25, 0.3) is 5.91 Å². The van der Waals surface area contributed by atoms with E-state index < -0.39 is 6.10 Å². The number of hydrogen-bond donors (Lipinski definition) is 0. The van der Waals surface area contributed by atoms with Crippen LogP contribution in [0, 0.1) is 17.1 Å². The van der Waals surface area contributed by atoms with Crippen LogP contribution in [-0.2, 0) is 11.3 Å². The molecule has 0 saturated carbocycles. The van der Waals surface area contributed by atoms with Crippen LogP contribution in [0.4, 0.5) is 4.39 Å². The molecule has 0 aliphatic carbocycles. The number of amides is 1. The molecule has 2 aromatic rings. The summed E-state index contributed by atoms with van der Waals surface area (Å²) in [6, 6.07) is 14.7. The molecule has 0 aromatic heterocycles. The molecule has 0 heterocycles. The lowest BCUT2D eigenvalue weighted by atomic mass is 10.2. The summed E-state index contributed by atoms with van der Waals surface area (Å²) >= 11 is 0. The number of carbonyl (C=O) groups is 1. The third kappa shape index (κ3) is 4.55. The van der Waals surface area contributed by atoms with Crippen LogP contribution in [0.5, 0.6) is 5.75 Å². The van der Waals surface area contributed by atoms with Crippen molar-refractivity contribution in [2.75, 3.05) is 7.05 Å². The first-order chi connectivity index (χ1) is 11.0. The van der Waals surface area contributed by atoms with E-state index >= 15 is 0 Å². The number of ether oxygens (including phenoxy) is 1. The van der Waals surface area contributed by atoms with Crippen molar-refractivity contribution in [1.29, 1.82) is 5.26 Å². The highest BCUT2D eigenvalue weighted by atomic mass is 19.1. The Morgan fingerprint density at radius 1 is 1.30 bits per heavy atom. The molecular weight excluding hydrogens is 295 g/mol. The molecule has 1 atom stereocenters. The number of rotatable bonds is 5. The molecule has 0 N–H and O–H groups in total. The van der Waals surface area contributed by atoms with E-state index in [1.165, 1.54) is 17.0 Å². The Bertz CT molecular complexity index is 723. The van der Waals surface area contributed by atoms with Crippen LogP contribution in [0.25, 0.3) is 0 Å². The monoisotopic (exact) mass is 312 g/mol. The van der Waals surface area contributed by atoms with Crippen molar-refractivity contribution >= 4 is 5.91 Å². The molecule has 0 saturated heterocycles. The van der Waals surface area contributed by atoms with Crippen LogP contribution < -0.4 is 4.74 Å². The number of benzene rings is 2. The Balaban J connectivity index is 1.98. The number of carbonyl (C=O) groups excluding carboxylic acids is 1. The molecule has 0 bridgehead atoms. The molecule has 4 nitrogen and oxygen atoms in total. The van der Waals surface area contributed by atoms with E-state index in [1.54, 1.807) is 50.4 Å². The van der Waals surface area contributed by atoms with Gasteiger partial charge in [0.05, 0.1) is 11.6 Å². The Hall–Kier alpha value is -2.87. The summed E-state index contributed by atoms with van der Waals surface area (Å²) in [5.74, 6) is -0.0337. The zero-order chi connectivity index (χ0) is 16.8. The second-order valence-electron chi connectivity index (χ2n) is 5.22. The predicted octanol–water partition coefficient (Wildman–Crippen LogP) is 3.12. The fraction of sp³-hybridized carbons (Fsp3) is 0.222. The Labute approximate surface area is 134 Å². The third-order valence-electron chi connectivity index (χ3n) is 3.33. The van der Waals surface area contributed by atoms with Gasteiger partial charge in [0.2, 0.25) is 0 Å². The van der Waals surface area contributed by atoms with E-state index in [0.29, 0.717) is 17.9 Å². The maximum absolute atomic E-state index is 12.9. The summed E-state index contributed by atoms with van der Waals surface area (Å²) in [7, 11) is 1.66. The normalized spacial score (nSPS) is 11.4. The summed E-state index contributed by atoms with van der Waals surface area (Å²) < 4.78 is 18.5. The predicted molar refractivity (Wildman–Crippen MR) is 84.1 cm³/mol. The van der Waals surface area contributed by atoms with Gasteiger partial charge in [-0.1, -0.05) is 18.2 Å². The van der Waals surface area contributed by atoms with E-state index in [9.17, 15) is 9.18 Å². The largest absolute Gasteiger partial charge is 0.481 e. The Morgan fingerprint density at radius 2 is 2.00 bits per heavy atom. The lowest BCUT2D eigenvalue weighted by Crippen LogP contribution is -2.37. The number of nitrogens with zero attached hydrogens (tertiary/aromatic N) is 2. The Kier molecular flexibility index (Phi) is 5.32. The fourth-order valence-electron chi connectivity index (χ4n) is 2.15. The minimum atomic E-state index is -0.686. The molecule has 1 amide bonds. The molecule has 5 heteroatoms. The standard InChI is InChI=1S/C18H17FN2O2/c1-13(23-17-5-3-4-15(10-17)11-20)18(22)21(2)12-14-6-8-16(19)9-7-14/h3-10,13H,12H2,1-2H3. The number of nitriles is 1. The van der Waals surface area contributed by atoms with E-state index in [0.717, 1.165) is 5.56 Å². The first-order valence-corrected chi connectivity index (χ1v) is 7.16. The van der Waals surface area contributed by atoms with Gasteiger partial charge in [-0.3, -0.25) is 4.79 Å². The van der Waals surface area contributed by atoms with E-state index in [4.69, 9.17) is 10.00 Å². The van der Waals surface area contributed by atoms with Gasteiger partial charge in [0.1, 0.15) is 11.6 Å². The molecule has 0 aliphatic rings. The van der Waals surface area contributed by atoms with Crippen LogP contribution in [0.1, 0.15) is 18.1 Å². The highest BCUT2D eigenvalue weighted by Gasteiger charge is 2.19. The molecule has 1 unspecified atom stereocenters. The number of hydrogen-bond acceptors (Lipinski definition) is 3. The molecule has 0 spiro atoms. The van der Waals surface area contributed by atoms with Crippen LogP contribution in [-0.4, -0.2) is 24.0 Å². The quantitative estimate of drug-likeness (QED) is 0.852. The second-order valence-corrected chi connectivity index (χ2v) is 5.22. The molecule has 0 radical (unpaired) electrons. The van der Waals surface area contributed by atoms with Crippen molar-refractivity contribution in [3.8, 4) is 11.8 Å². The van der Waals surface area contributed by atoms with Gasteiger partial charge in [-0.15, -0.1) is 0 Å². The molecule has 0 fully saturated rings. The first kappa shape index (κ1) is 16.5. The summed E-state index contributed by atoms with van der Waals surface area (Å²) in [6.45, 7) is 2.02. The van der Waals surface area contributed by atoms with Crippen molar-refractivity contribution in [2.24, 2.45) is 0 Å². The fourth-order valence-corrected chi connectivity index (χ4v) is 2.15. The van der Waals surface area contributed by atoms with Gasteiger partial charge >= 0.3 is 0 Å². The number of likely N-dealkylation sites (N-methyl/N-ethyl adjacent to an activating group) is 1. The molecule has 2 aromatic carbocycles. The van der Waals surface area contributed by atoms with Crippen LogP contribution in [0.15, 0.2) is 48.5 Å². The molecular formula is C18H17FN2O2. The van der Waals surface area contributed by atoms with Crippen LogP contribution in [0.2, 0.25) is 0 Å². The van der Waals surface area contributed by atoms with E-state index in [2.05, 4.69) is 0 Å². The van der Waals surface area contributed by atoms with Crippen molar-refractivity contribution in [3.05, 3.63) is 65.5 Å². The highest BCUT2D eigenvalue weighted by Crippen LogP contribution is 2.15. The SMILES string of the molecule is CC(Oc1cccc(C#N)c1)C(=O)N(C)Cc1ccc(F)cc1. The molecule has 0 aliphatic heterocycles. The van der Waals surface area contributed by atoms with Crippen LogP contribution in [0.3, 0.4) is 0 Å². The molecule has 2 rings (SSSR count). The maximum atomic E-state index is 12.9. The minimum Gasteiger partial charge on any atom is -0.481 e. The van der Waals surface area contributed by atoms with Crippen molar-refractivity contribution < 1.29 is 13.9 Å². The van der Waals surface area contributed by atoms with Crippen molar-refractivity contribution in [3.63, 3.8) is 0 Å². The molecule has 23 heavy (non-hydrogen) atoms. The van der Waals surface area contributed by atoms with Crippen molar-refractivity contribution in [2.45, 2.75) is 19.6 Å². The summed E-state index contributed by atoms with van der Waals surface area (Å²) in [6.07, 6.45) is -0.686. The summed E-state index contributed by atoms with van der Waals surface area (Å²) in [5, 5.41) is 8.87. The molecule has 118 valence electrons. The number of halogens is 1. The topological polar surface area (TPSA) is 53.3 Å². The van der Waals surface area contributed by atoms with Crippen molar-refractivity contribution in [1.82, 2.24) is 4.90 Å². The minimum absolute atomic E-state index is 0.198. The van der Waals surface area contributed by atoms with Gasteiger partial charge in [-0.05, 0) is 42.8 Å². The van der Waals surface area contributed by atoms with E-state index in [-0.39, 0.29) is 11.7 Å². The maximum Gasteiger partial charge on any atom is 0.263 e. The van der Waals surface area contributed by atoms with Gasteiger partial charge in [0, 0.05) is 13.6 Å². The zero-order valence-corrected chi connectivity index (χ0v) is 13.0. The lowest BCUT2D eigenvalue weighted by molar-refractivity contribution is -0.137. The Morgan fingerprint density at radius 3 is 2.65 bits per heavy atom. The average molecular weight is 312 g/mol. The zero-order valence-electron chi connectivity index (χ0n) is 13.0. The van der Waals surface area contributed by atoms with Crippen LogP contribution >= 0.6 is 0 Å². The van der Waals surface area contributed by atoms with Gasteiger partial charge in [-0.25, -0.2) is 4.39 Å². The first-order valence-electron chi connectivity index (χ1n) is 7.16. The van der Waals surface area contributed by atoms with Gasteiger partial charge in [-0.2, -0.15) is 5.26 Å². The van der Waals surface area contributed by atoms with Gasteiger partial charge in [0.15, 0.2) is 6.10 Å². The smallest absolute Gasteiger partial charge is 0.263 e. The highest BCUT2D eigenvalue weighted by molar-refractivity contribution is 5.80. The third-order valence-corrected chi connectivity index (χ3v) is 3.33. The van der Waals surface area contributed by atoms with E-state index in [1.807, 2.05) is 6.07 Å². The summed E-state index contributed by atoms with van der Waals surface area (Å²) in [5.41, 5.74) is 1.31. The lowest BCUT2D eigenvalue weighted by Gasteiger charge is -2.22. The summed E-state index contributed by atoms with van der Waals surface area (Å²) in [4.78, 5) is 13.9. The second kappa shape index (κ2) is 7.41.